The van der Waals surface area contributed by atoms with E-state index >= 15 is 0 Å². The second kappa shape index (κ2) is 9.25. The van der Waals surface area contributed by atoms with Crippen LogP contribution in [0.3, 0.4) is 0 Å². The monoisotopic (exact) mass is 520 g/mol. The Morgan fingerprint density at radius 1 is 1.17 bits per heavy atom. The zero-order valence-electron chi connectivity index (χ0n) is 19.7. The Bertz CT molecular complexity index is 1480. The average molecular weight is 521 g/mol. The maximum atomic E-state index is 13.6. The predicted octanol–water partition coefficient (Wildman–Crippen LogP) is 4.20. The van der Waals surface area contributed by atoms with Crippen molar-refractivity contribution in [3.63, 3.8) is 0 Å². The number of carbonyl (C=O) groups excluding carboxylic acids is 1. The minimum atomic E-state index is -0.224. The summed E-state index contributed by atoms with van der Waals surface area (Å²) >= 11 is 6.77. The Balaban J connectivity index is 1.38. The SMILES string of the molecule is CC1CCCCN1c1nc2ccccn2c(=O)c1C=C1SC(=S)N(Cc2ccc3c(c2)OCO3)C1=O. The highest BCUT2D eigenvalue weighted by atomic mass is 32.2. The molecule has 5 heterocycles. The molecule has 0 saturated carbocycles. The molecule has 3 aliphatic heterocycles. The number of anilines is 1. The lowest BCUT2D eigenvalue weighted by Crippen LogP contribution is -2.40. The molecule has 1 atom stereocenters. The Kier molecular flexibility index (Phi) is 5.93. The molecule has 2 saturated heterocycles. The van der Waals surface area contributed by atoms with Crippen LogP contribution in [0, 0.1) is 0 Å². The summed E-state index contributed by atoms with van der Waals surface area (Å²) in [5, 5.41) is 0. The predicted molar refractivity (Wildman–Crippen MR) is 143 cm³/mol. The normalized spacial score (nSPS) is 20.7. The molecule has 8 nitrogen and oxygen atoms in total. The van der Waals surface area contributed by atoms with Gasteiger partial charge in [0.15, 0.2) is 11.5 Å². The number of thiocarbonyl (C=S) groups is 1. The van der Waals surface area contributed by atoms with Gasteiger partial charge in [0.05, 0.1) is 17.0 Å². The van der Waals surface area contributed by atoms with Gasteiger partial charge in [0.1, 0.15) is 15.8 Å². The van der Waals surface area contributed by atoms with Gasteiger partial charge in [-0.25, -0.2) is 4.98 Å². The van der Waals surface area contributed by atoms with Crippen molar-refractivity contribution in [1.29, 1.82) is 0 Å². The van der Waals surface area contributed by atoms with Gasteiger partial charge in [-0.3, -0.25) is 18.9 Å². The van der Waals surface area contributed by atoms with Crippen molar-refractivity contribution < 1.29 is 14.3 Å². The average Bonchev–Trinajstić information content (AvgIpc) is 3.45. The van der Waals surface area contributed by atoms with Crippen LogP contribution in [0.4, 0.5) is 5.82 Å². The van der Waals surface area contributed by atoms with Gasteiger partial charge in [0.25, 0.3) is 11.5 Å². The molecule has 1 aromatic carbocycles. The summed E-state index contributed by atoms with van der Waals surface area (Å²) in [6, 6.07) is 11.3. The Morgan fingerprint density at radius 2 is 2.03 bits per heavy atom. The third-order valence-electron chi connectivity index (χ3n) is 6.75. The second-order valence-electron chi connectivity index (χ2n) is 9.08. The number of hydrogen-bond acceptors (Lipinski definition) is 8. The van der Waals surface area contributed by atoms with Crippen molar-refractivity contribution in [3.05, 3.63) is 69.0 Å². The van der Waals surface area contributed by atoms with Crippen molar-refractivity contribution in [2.24, 2.45) is 0 Å². The van der Waals surface area contributed by atoms with E-state index in [0.29, 0.717) is 44.3 Å². The zero-order chi connectivity index (χ0) is 24.8. The number of nitrogens with zero attached hydrogens (tertiary/aromatic N) is 4. The highest BCUT2D eigenvalue weighted by Crippen LogP contribution is 2.37. The van der Waals surface area contributed by atoms with Crippen LogP contribution in [0.15, 0.2) is 52.3 Å². The second-order valence-corrected chi connectivity index (χ2v) is 10.8. The molecule has 0 aliphatic carbocycles. The number of ether oxygens (including phenoxy) is 2. The molecule has 3 aliphatic rings. The van der Waals surface area contributed by atoms with Crippen molar-refractivity contribution in [3.8, 4) is 11.5 Å². The first-order valence-corrected chi connectivity index (χ1v) is 13.1. The van der Waals surface area contributed by atoms with Gasteiger partial charge in [-0.05, 0) is 62.1 Å². The summed E-state index contributed by atoms with van der Waals surface area (Å²) < 4.78 is 12.8. The molecule has 3 aromatic rings. The third-order valence-corrected chi connectivity index (χ3v) is 8.13. The van der Waals surface area contributed by atoms with Crippen LogP contribution in [0.25, 0.3) is 11.7 Å². The lowest BCUT2D eigenvalue weighted by atomic mass is 10.0. The van der Waals surface area contributed by atoms with Crippen LogP contribution < -0.4 is 19.9 Å². The lowest BCUT2D eigenvalue weighted by molar-refractivity contribution is -0.122. The van der Waals surface area contributed by atoms with Crippen LogP contribution in [-0.2, 0) is 11.3 Å². The van der Waals surface area contributed by atoms with Crippen LogP contribution in [0.2, 0.25) is 0 Å². The quantitative estimate of drug-likeness (QED) is 0.374. The number of rotatable bonds is 4. The molecule has 0 spiro atoms. The van der Waals surface area contributed by atoms with Gasteiger partial charge >= 0.3 is 0 Å². The molecule has 36 heavy (non-hydrogen) atoms. The van der Waals surface area contributed by atoms with Crippen LogP contribution in [0.5, 0.6) is 11.5 Å². The van der Waals surface area contributed by atoms with Gasteiger partial charge in [-0.15, -0.1) is 0 Å². The minimum absolute atomic E-state index is 0.190. The van der Waals surface area contributed by atoms with E-state index in [1.165, 1.54) is 16.2 Å². The first-order chi connectivity index (χ1) is 17.5. The number of carbonyl (C=O) groups is 1. The first-order valence-electron chi connectivity index (χ1n) is 11.9. The molecule has 184 valence electrons. The largest absolute Gasteiger partial charge is 0.454 e. The zero-order valence-corrected chi connectivity index (χ0v) is 21.3. The third kappa shape index (κ3) is 4.04. The minimum Gasteiger partial charge on any atom is -0.454 e. The topological polar surface area (TPSA) is 76.4 Å². The van der Waals surface area contributed by atoms with Crippen LogP contribution in [0.1, 0.15) is 37.3 Å². The van der Waals surface area contributed by atoms with E-state index < -0.39 is 0 Å². The number of aromatic nitrogens is 2. The van der Waals surface area contributed by atoms with E-state index in [9.17, 15) is 9.59 Å². The molecule has 10 heteroatoms. The molecule has 0 radical (unpaired) electrons. The summed E-state index contributed by atoms with van der Waals surface area (Å²) in [5.41, 5.74) is 1.68. The Hall–Kier alpha value is -3.37. The van der Waals surface area contributed by atoms with Crippen LogP contribution in [-0.4, -0.2) is 43.9 Å². The van der Waals surface area contributed by atoms with Crippen molar-refractivity contribution >= 4 is 51.7 Å². The van der Waals surface area contributed by atoms with E-state index in [-0.39, 0.29) is 24.3 Å². The van der Waals surface area contributed by atoms with Crippen molar-refractivity contribution in [2.75, 3.05) is 18.2 Å². The maximum absolute atomic E-state index is 13.6. The van der Waals surface area contributed by atoms with Crippen molar-refractivity contribution in [1.82, 2.24) is 14.3 Å². The summed E-state index contributed by atoms with van der Waals surface area (Å²) in [6.07, 6.45) is 6.60. The fraction of sp³-hybridized carbons (Fsp3) is 0.308. The number of hydrogen-bond donors (Lipinski definition) is 0. The van der Waals surface area contributed by atoms with E-state index in [1.807, 2.05) is 30.3 Å². The van der Waals surface area contributed by atoms with Gasteiger partial charge in [0, 0.05) is 18.8 Å². The highest BCUT2D eigenvalue weighted by Gasteiger charge is 2.34. The number of benzene rings is 1. The number of amides is 1. The summed E-state index contributed by atoms with van der Waals surface area (Å²) in [6.45, 7) is 3.48. The van der Waals surface area contributed by atoms with Gasteiger partial charge in [-0.2, -0.15) is 0 Å². The molecule has 1 unspecified atom stereocenters. The number of piperidine rings is 1. The lowest BCUT2D eigenvalue weighted by Gasteiger charge is -2.35. The van der Waals surface area contributed by atoms with Crippen molar-refractivity contribution in [2.45, 2.75) is 38.8 Å². The number of fused-ring (bicyclic) bond motifs is 2. The molecule has 2 aromatic heterocycles. The fourth-order valence-corrected chi connectivity index (χ4v) is 6.08. The summed E-state index contributed by atoms with van der Waals surface area (Å²) in [5.74, 6) is 1.74. The van der Waals surface area contributed by atoms with E-state index in [1.54, 1.807) is 23.2 Å². The standard InChI is InChI=1S/C26H24N4O4S2/c1-16-6-2-4-10-28(16)23-18(24(31)29-11-5-3-7-22(29)27-23)13-21-25(32)30(26(35)36-21)14-17-8-9-19-20(12-17)34-15-33-19/h3,5,7-9,11-13,16H,2,4,6,10,14-15H2,1H3. The van der Waals surface area contributed by atoms with Gasteiger partial charge in [-0.1, -0.05) is 36.1 Å². The van der Waals surface area contributed by atoms with E-state index in [4.69, 9.17) is 26.7 Å². The number of pyridine rings is 1. The molecule has 0 bridgehead atoms. The molecular weight excluding hydrogens is 496 g/mol. The Labute approximate surface area is 217 Å². The van der Waals surface area contributed by atoms with Gasteiger partial charge < -0.3 is 14.4 Å². The van der Waals surface area contributed by atoms with Gasteiger partial charge in [0.2, 0.25) is 6.79 Å². The van der Waals surface area contributed by atoms with E-state index in [0.717, 1.165) is 31.4 Å². The summed E-state index contributed by atoms with van der Waals surface area (Å²) in [4.78, 5) is 36.1. The van der Waals surface area contributed by atoms with E-state index in [2.05, 4.69) is 11.8 Å². The number of thioether (sulfide) groups is 1. The fourth-order valence-electron chi connectivity index (χ4n) is 4.84. The van der Waals surface area contributed by atoms with Crippen LogP contribution >= 0.6 is 24.0 Å². The Morgan fingerprint density at radius 3 is 2.89 bits per heavy atom. The summed E-state index contributed by atoms with van der Waals surface area (Å²) in [7, 11) is 0. The molecule has 0 N–H and O–H groups in total. The highest BCUT2D eigenvalue weighted by molar-refractivity contribution is 8.26. The first kappa shape index (κ1) is 23.1. The molecule has 2 fully saturated rings. The molecule has 6 rings (SSSR count). The smallest absolute Gasteiger partial charge is 0.267 e. The molecule has 1 amide bonds. The molecular formula is C26H24N4O4S2. The maximum Gasteiger partial charge on any atom is 0.267 e.